The summed E-state index contributed by atoms with van der Waals surface area (Å²) in [5.41, 5.74) is 0.622. The fourth-order valence-electron chi connectivity index (χ4n) is 1.64. The highest BCUT2D eigenvalue weighted by molar-refractivity contribution is 6.30. The minimum absolute atomic E-state index is 0.0797. The fourth-order valence-corrected chi connectivity index (χ4v) is 1.77. The van der Waals surface area contributed by atoms with E-state index in [0.717, 1.165) is 13.1 Å². The van der Waals surface area contributed by atoms with Gasteiger partial charge in [0.25, 0.3) is 5.91 Å². The second-order valence-electron chi connectivity index (χ2n) is 3.95. The van der Waals surface area contributed by atoms with Crippen LogP contribution in [0.5, 0.6) is 0 Å². The number of amides is 1. The van der Waals surface area contributed by atoms with Crippen LogP contribution in [0.3, 0.4) is 0 Å². The lowest BCUT2D eigenvalue weighted by molar-refractivity contribution is 0.0948. The Morgan fingerprint density at radius 1 is 1.39 bits per heavy atom. The Morgan fingerprint density at radius 2 is 2.17 bits per heavy atom. The summed E-state index contributed by atoms with van der Waals surface area (Å²) in [6, 6.07) is 6.85. The predicted octanol–water partition coefficient (Wildman–Crippen LogP) is 1.87. The van der Waals surface area contributed by atoms with Gasteiger partial charge >= 0.3 is 0 Å². The molecule has 96 valence electrons. The van der Waals surface area contributed by atoms with E-state index >= 15 is 0 Å². The molecule has 0 saturated carbocycles. The van der Waals surface area contributed by atoms with E-state index in [1.807, 2.05) is 6.20 Å². The molecular weight excluding hydrogens is 252 g/mol. The summed E-state index contributed by atoms with van der Waals surface area (Å²) >= 11 is 5.76. The van der Waals surface area contributed by atoms with Crippen LogP contribution in [0.4, 0.5) is 0 Å². The van der Waals surface area contributed by atoms with Gasteiger partial charge in [-0.15, -0.1) is 0 Å². The lowest BCUT2D eigenvalue weighted by Crippen LogP contribution is -2.35. The molecule has 0 saturated heterocycles. The summed E-state index contributed by atoms with van der Waals surface area (Å²) in [4.78, 5) is 13.9. The quantitative estimate of drug-likeness (QED) is 0.905. The molecule has 1 N–H and O–H groups in total. The molecule has 0 atom stereocenters. The van der Waals surface area contributed by atoms with Gasteiger partial charge in [0, 0.05) is 29.9 Å². The number of carbonyl (C=O) groups excluding carboxylic acids is 1. The average molecular weight is 267 g/mol. The zero-order valence-corrected chi connectivity index (χ0v) is 10.7. The maximum Gasteiger partial charge on any atom is 0.251 e. The smallest absolute Gasteiger partial charge is 0.251 e. The van der Waals surface area contributed by atoms with Gasteiger partial charge in [-0.1, -0.05) is 11.6 Å². The molecule has 4 nitrogen and oxygen atoms in total. The Balaban J connectivity index is 1.76. The van der Waals surface area contributed by atoms with Crippen LogP contribution >= 0.6 is 11.6 Å². The third kappa shape index (κ3) is 3.67. The van der Waals surface area contributed by atoms with Gasteiger partial charge in [0.15, 0.2) is 0 Å². The number of hydrogen-bond donors (Lipinski definition) is 1. The Morgan fingerprint density at radius 3 is 2.83 bits per heavy atom. The fraction of sp³-hybridized carbons (Fsp3) is 0.308. The Hall–Kier alpha value is -1.68. The highest BCUT2D eigenvalue weighted by Gasteiger charge is 2.07. The molecule has 2 rings (SSSR count). The van der Waals surface area contributed by atoms with Crippen molar-refractivity contribution in [1.82, 2.24) is 10.2 Å². The predicted molar refractivity (Wildman–Crippen MR) is 70.5 cm³/mol. The molecule has 1 aromatic carbocycles. The third-order valence-electron chi connectivity index (χ3n) is 2.66. The number of ether oxygens (including phenoxy) is 1. The first kappa shape index (κ1) is 12.8. The maximum absolute atomic E-state index is 11.8. The van der Waals surface area contributed by atoms with E-state index in [1.165, 1.54) is 0 Å². The highest BCUT2D eigenvalue weighted by atomic mass is 35.5. The van der Waals surface area contributed by atoms with Crippen molar-refractivity contribution in [3.05, 3.63) is 47.3 Å². The number of nitrogens with one attached hydrogen (secondary N) is 1. The van der Waals surface area contributed by atoms with Gasteiger partial charge in [-0.25, -0.2) is 0 Å². The molecule has 0 aliphatic carbocycles. The summed E-state index contributed by atoms with van der Waals surface area (Å²) < 4.78 is 5.09. The van der Waals surface area contributed by atoms with Gasteiger partial charge in [0.1, 0.15) is 6.61 Å². The standard InChI is InChI=1S/C13H15ClN2O2/c14-12-3-1-11(2-4-12)13(17)15-5-6-16-7-9-18-10-8-16/h1-4,7,9H,5-6,8,10H2,(H,15,17). The van der Waals surface area contributed by atoms with Gasteiger partial charge < -0.3 is 15.0 Å². The number of nitrogens with zero attached hydrogens (tertiary/aromatic N) is 1. The van der Waals surface area contributed by atoms with Crippen LogP contribution in [0, 0.1) is 0 Å². The molecule has 18 heavy (non-hydrogen) atoms. The van der Waals surface area contributed by atoms with Crippen molar-refractivity contribution in [3.8, 4) is 0 Å². The van der Waals surface area contributed by atoms with Crippen molar-refractivity contribution in [1.29, 1.82) is 0 Å². The molecule has 1 heterocycles. The van der Waals surface area contributed by atoms with E-state index < -0.39 is 0 Å². The zero-order valence-electron chi connectivity index (χ0n) is 9.93. The summed E-state index contributed by atoms with van der Waals surface area (Å²) in [6.45, 7) is 2.93. The molecule has 1 aromatic rings. The first-order valence-corrected chi connectivity index (χ1v) is 6.19. The molecule has 1 amide bonds. The Kier molecular flexibility index (Phi) is 4.47. The van der Waals surface area contributed by atoms with Crippen molar-refractivity contribution < 1.29 is 9.53 Å². The van der Waals surface area contributed by atoms with Crippen LogP contribution in [0.25, 0.3) is 0 Å². The van der Waals surface area contributed by atoms with Crippen LogP contribution in [0.15, 0.2) is 36.7 Å². The summed E-state index contributed by atoms with van der Waals surface area (Å²) in [5, 5.41) is 3.50. The van der Waals surface area contributed by atoms with Crippen LogP contribution in [-0.4, -0.2) is 37.0 Å². The van der Waals surface area contributed by atoms with Crippen molar-refractivity contribution in [2.24, 2.45) is 0 Å². The number of carbonyl (C=O) groups is 1. The summed E-state index contributed by atoms with van der Waals surface area (Å²) in [5.74, 6) is -0.0797. The average Bonchev–Trinajstić information content (AvgIpc) is 2.40. The first-order chi connectivity index (χ1) is 8.75. The number of hydrogen-bond acceptors (Lipinski definition) is 3. The van der Waals surface area contributed by atoms with Crippen molar-refractivity contribution in [3.63, 3.8) is 0 Å². The monoisotopic (exact) mass is 266 g/mol. The molecule has 0 bridgehead atoms. The second-order valence-corrected chi connectivity index (χ2v) is 4.39. The number of halogens is 1. The lowest BCUT2D eigenvalue weighted by Gasteiger charge is -2.23. The minimum atomic E-state index is -0.0797. The maximum atomic E-state index is 11.8. The topological polar surface area (TPSA) is 41.6 Å². The van der Waals surface area contributed by atoms with E-state index in [9.17, 15) is 4.79 Å². The number of benzene rings is 1. The van der Waals surface area contributed by atoms with E-state index in [0.29, 0.717) is 23.7 Å². The van der Waals surface area contributed by atoms with E-state index in [4.69, 9.17) is 16.3 Å². The number of rotatable bonds is 4. The van der Waals surface area contributed by atoms with Crippen LogP contribution in [0.1, 0.15) is 10.4 Å². The molecule has 0 fully saturated rings. The molecule has 5 heteroatoms. The molecule has 1 aliphatic rings. The normalized spacial score (nSPS) is 14.2. The second kappa shape index (κ2) is 6.31. The minimum Gasteiger partial charge on any atom is -0.498 e. The van der Waals surface area contributed by atoms with Crippen LogP contribution < -0.4 is 5.32 Å². The van der Waals surface area contributed by atoms with Crippen molar-refractivity contribution in [2.75, 3.05) is 26.2 Å². The van der Waals surface area contributed by atoms with Gasteiger partial charge in [-0.3, -0.25) is 4.79 Å². The Bertz CT molecular complexity index is 431. The van der Waals surface area contributed by atoms with E-state index in [1.54, 1.807) is 30.5 Å². The van der Waals surface area contributed by atoms with Crippen molar-refractivity contribution in [2.45, 2.75) is 0 Å². The Labute approximate surface area is 111 Å². The van der Waals surface area contributed by atoms with Gasteiger partial charge in [0.05, 0.1) is 12.8 Å². The zero-order chi connectivity index (χ0) is 12.8. The highest BCUT2D eigenvalue weighted by Crippen LogP contribution is 2.09. The van der Waals surface area contributed by atoms with Crippen LogP contribution in [-0.2, 0) is 4.74 Å². The SMILES string of the molecule is O=C(NCCN1C=COCC1)c1ccc(Cl)cc1. The van der Waals surface area contributed by atoms with Crippen molar-refractivity contribution >= 4 is 17.5 Å². The van der Waals surface area contributed by atoms with Gasteiger partial charge in [0.2, 0.25) is 0 Å². The molecule has 1 aliphatic heterocycles. The molecule has 0 aromatic heterocycles. The molecule has 0 unspecified atom stereocenters. The summed E-state index contributed by atoms with van der Waals surface area (Å²) in [7, 11) is 0. The lowest BCUT2D eigenvalue weighted by atomic mass is 10.2. The largest absolute Gasteiger partial charge is 0.498 e. The first-order valence-electron chi connectivity index (χ1n) is 5.82. The molecule has 0 spiro atoms. The van der Waals surface area contributed by atoms with E-state index in [-0.39, 0.29) is 5.91 Å². The molecule has 0 radical (unpaired) electrons. The van der Waals surface area contributed by atoms with E-state index in [2.05, 4.69) is 10.2 Å². The molecular formula is C13H15ClN2O2. The third-order valence-corrected chi connectivity index (χ3v) is 2.91. The summed E-state index contributed by atoms with van der Waals surface area (Å²) in [6.07, 6.45) is 3.56. The van der Waals surface area contributed by atoms with Gasteiger partial charge in [-0.2, -0.15) is 0 Å². The van der Waals surface area contributed by atoms with Crippen LogP contribution in [0.2, 0.25) is 5.02 Å². The van der Waals surface area contributed by atoms with Gasteiger partial charge in [-0.05, 0) is 24.3 Å².